The van der Waals surface area contributed by atoms with E-state index in [4.69, 9.17) is 0 Å². The fourth-order valence-electron chi connectivity index (χ4n) is 4.61. The molecule has 39 heavy (non-hydrogen) atoms. The summed E-state index contributed by atoms with van der Waals surface area (Å²) in [4.78, 5) is 34.9. The van der Waals surface area contributed by atoms with Crippen molar-refractivity contribution in [3.8, 4) is 0 Å². The van der Waals surface area contributed by atoms with Gasteiger partial charge in [-0.15, -0.1) is 23.5 Å². The van der Waals surface area contributed by atoms with E-state index >= 15 is 0 Å². The molecule has 0 radical (unpaired) electrons. The van der Waals surface area contributed by atoms with E-state index in [1.807, 2.05) is 85.5 Å². The molecule has 1 aliphatic heterocycles. The van der Waals surface area contributed by atoms with Gasteiger partial charge in [-0.25, -0.2) is 9.78 Å². The molecule has 3 amide bonds. The van der Waals surface area contributed by atoms with Crippen LogP contribution in [0.5, 0.6) is 0 Å². The van der Waals surface area contributed by atoms with E-state index in [2.05, 4.69) is 39.9 Å². The topological polar surface area (TPSA) is 74.3 Å². The third-order valence-corrected chi connectivity index (χ3v) is 9.84. The van der Waals surface area contributed by atoms with Gasteiger partial charge >= 0.3 is 6.03 Å². The first-order chi connectivity index (χ1) is 18.9. The van der Waals surface area contributed by atoms with Gasteiger partial charge in [-0.3, -0.25) is 9.69 Å². The second-order valence-corrected chi connectivity index (χ2v) is 13.0. The number of fused-ring (bicyclic) bond motifs is 3. The molecule has 0 bridgehead atoms. The molecule has 3 aromatic carbocycles. The highest BCUT2D eigenvalue weighted by atomic mass is 32.2. The van der Waals surface area contributed by atoms with Crippen LogP contribution < -0.4 is 15.5 Å². The number of nitrogens with one attached hydrogen (secondary N) is 2. The molecule has 0 saturated carbocycles. The number of carbonyl (C=O) groups excluding carboxylic acids is 2. The predicted octanol–water partition coefficient (Wildman–Crippen LogP) is 7.73. The maximum atomic E-state index is 13.6. The van der Waals surface area contributed by atoms with E-state index < -0.39 is 0 Å². The zero-order valence-corrected chi connectivity index (χ0v) is 23.8. The van der Waals surface area contributed by atoms with Crippen LogP contribution in [0.2, 0.25) is 0 Å². The lowest BCUT2D eigenvalue weighted by molar-refractivity contribution is -0.115. The highest BCUT2D eigenvalue weighted by Gasteiger charge is 2.36. The smallest absolute Gasteiger partial charge is 0.307 e. The lowest BCUT2D eigenvalue weighted by Gasteiger charge is -2.40. The Labute approximate surface area is 239 Å². The van der Waals surface area contributed by atoms with Gasteiger partial charge in [-0.2, -0.15) is 0 Å². The summed E-state index contributed by atoms with van der Waals surface area (Å²) >= 11 is 4.69. The first-order valence-corrected chi connectivity index (χ1v) is 15.2. The van der Waals surface area contributed by atoms with Crippen molar-refractivity contribution in [2.24, 2.45) is 0 Å². The standard InChI is InChI=1S/C30H26N4O2S3/c1-18-14-15-22-27(16-18)39-29(32-22)33-28(35)19(2)37-21-9-7-8-20(17-21)31-30(36)34-23-10-3-5-12-25(23)38-26-13-6-4-11-24(26)34/h3-17,19,23,25H,1-2H3,(H,31,36)(H,32,33,35). The molecule has 0 fully saturated rings. The highest BCUT2D eigenvalue weighted by molar-refractivity contribution is 8.00. The van der Waals surface area contributed by atoms with Crippen LogP contribution in [0.1, 0.15) is 12.5 Å². The Bertz CT molecular complexity index is 1630. The fraction of sp³-hybridized carbons (Fsp3) is 0.167. The molecular weight excluding hydrogens is 545 g/mol. The molecule has 196 valence electrons. The van der Waals surface area contributed by atoms with Crippen molar-refractivity contribution in [1.29, 1.82) is 0 Å². The molecule has 4 aromatic rings. The van der Waals surface area contributed by atoms with E-state index in [9.17, 15) is 9.59 Å². The van der Waals surface area contributed by atoms with Gasteiger partial charge in [0.05, 0.1) is 32.4 Å². The number of allylic oxidation sites excluding steroid dienone is 2. The Hall–Kier alpha value is -3.53. The first-order valence-electron chi connectivity index (χ1n) is 12.6. The average Bonchev–Trinajstić information content (AvgIpc) is 3.33. The van der Waals surface area contributed by atoms with E-state index in [-0.39, 0.29) is 28.5 Å². The van der Waals surface area contributed by atoms with Crippen LogP contribution >= 0.6 is 34.9 Å². The average molecular weight is 571 g/mol. The molecule has 0 spiro atoms. The Morgan fingerprint density at radius 2 is 1.85 bits per heavy atom. The van der Waals surface area contributed by atoms with Gasteiger partial charge < -0.3 is 10.6 Å². The largest absolute Gasteiger partial charge is 0.326 e. The minimum atomic E-state index is -0.351. The lowest BCUT2D eigenvalue weighted by Crippen LogP contribution is -2.49. The number of nitrogens with zero attached hydrogens (tertiary/aromatic N) is 2. The van der Waals surface area contributed by atoms with Gasteiger partial charge in [-0.1, -0.05) is 59.9 Å². The fourth-order valence-corrected chi connectivity index (χ4v) is 7.76. The normalized spacial score (nSPS) is 18.4. The maximum absolute atomic E-state index is 13.6. The number of thiazole rings is 1. The van der Waals surface area contributed by atoms with Crippen molar-refractivity contribution in [1.82, 2.24) is 4.98 Å². The SMILES string of the molecule is Cc1ccc2nc(NC(=O)C(C)Sc3cccc(NC(=O)N4c5ccccc5SC5C=CC=CC54)c3)sc2c1. The zero-order chi connectivity index (χ0) is 26.9. The molecule has 2 heterocycles. The minimum Gasteiger partial charge on any atom is -0.307 e. The molecule has 1 aromatic heterocycles. The Morgan fingerprint density at radius 1 is 1.00 bits per heavy atom. The number of carbonyl (C=O) groups is 2. The van der Waals surface area contributed by atoms with Crippen LogP contribution in [-0.2, 0) is 4.79 Å². The molecule has 2 aliphatic rings. The summed E-state index contributed by atoms with van der Waals surface area (Å²) in [5.74, 6) is -0.115. The van der Waals surface area contributed by atoms with Crippen LogP contribution in [0.3, 0.4) is 0 Å². The number of para-hydroxylation sites is 1. The Kier molecular flexibility index (Phi) is 7.20. The van der Waals surface area contributed by atoms with Crippen LogP contribution in [0.15, 0.2) is 101 Å². The molecule has 2 N–H and O–H groups in total. The lowest BCUT2D eigenvalue weighted by atomic mass is 10.1. The number of benzene rings is 3. The molecule has 9 heteroatoms. The summed E-state index contributed by atoms with van der Waals surface area (Å²) in [7, 11) is 0. The summed E-state index contributed by atoms with van der Waals surface area (Å²) in [6, 6.07) is 21.4. The monoisotopic (exact) mass is 570 g/mol. The molecule has 0 saturated heterocycles. The van der Waals surface area contributed by atoms with Crippen molar-refractivity contribution < 1.29 is 9.59 Å². The predicted molar refractivity (Wildman–Crippen MR) is 164 cm³/mol. The first kappa shape index (κ1) is 25.7. The van der Waals surface area contributed by atoms with Crippen molar-refractivity contribution in [2.75, 3.05) is 15.5 Å². The summed E-state index contributed by atoms with van der Waals surface area (Å²) in [6.07, 6.45) is 8.25. The van der Waals surface area contributed by atoms with Crippen LogP contribution in [0.4, 0.5) is 21.3 Å². The number of urea groups is 1. The molecule has 3 atom stereocenters. The van der Waals surface area contributed by atoms with Crippen LogP contribution in [0.25, 0.3) is 10.2 Å². The van der Waals surface area contributed by atoms with Gasteiger partial charge in [0.1, 0.15) is 0 Å². The third kappa shape index (κ3) is 5.48. The summed E-state index contributed by atoms with van der Waals surface area (Å²) < 4.78 is 1.05. The van der Waals surface area contributed by atoms with E-state index in [1.54, 1.807) is 11.8 Å². The zero-order valence-electron chi connectivity index (χ0n) is 21.3. The summed E-state index contributed by atoms with van der Waals surface area (Å²) in [5, 5.41) is 6.45. The van der Waals surface area contributed by atoms with Crippen LogP contribution in [-0.4, -0.2) is 33.5 Å². The molecule has 1 aliphatic carbocycles. The Morgan fingerprint density at radius 3 is 2.74 bits per heavy atom. The summed E-state index contributed by atoms with van der Waals surface area (Å²) in [5.41, 5.74) is 3.63. The number of hydrogen-bond acceptors (Lipinski definition) is 6. The number of rotatable bonds is 5. The number of amides is 3. The number of aromatic nitrogens is 1. The molecule has 6 nitrogen and oxygen atoms in total. The quantitative estimate of drug-likeness (QED) is 0.240. The molecule has 3 unspecified atom stereocenters. The second kappa shape index (κ2) is 10.9. The number of aryl methyl sites for hydroxylation is 1. The van der Waals surface area contributed by atoms with Crippen molar-refractivity contribution in [3.05, 3.63) is 96.6 Å². The third-order valence-electron chi connectivity index (χ3n) is 6.50. The Balaban J connectivity index is 1.14. The van der Waals surface area contributed by atoms with E-state index in [1.165, 1.54) is 23.1 Å². The van der Waals surface area contributed by atoms with E-state index in [0.29, 0.717) is 10.8 Å². The van der Waals surface area contributed by atoms with Crippen molar-refractivity contribution >= 4 is 73.5 Å². The molecular formula is C30H26N4O2S3. The second-order valence-electron chi connectivity index (χ2n) is 9.38. The minimum absolute atomic E-state index is 0.0670. The van der Waals surface area contributed by atoms with Gasteiger partial charge in [-0.05, 0) is 61.9 Å². The summed E-state index contributed by atoms with van der Waals surface area (Å²) in [6.45, 7) is 3.91. The van der Waals surface area contributed by atoms with Crippen molar-refractivity contribution in [2.45, 2.75) is 40.2 Å². The van der Waals surface area contributed by atoms with E-state index in [0.717, 1.165) is 31.3 Å². The number of hydrogen-bond donors (Lipinski definition) is 2. The maximum Gasteiger partial charge on any atom is 0.326 e. The highest BCUT2D eigenvalue weighted by Crippen LogP contribution is 2.43. The van der Waals surface area contributed by atoms with Gasteiger partial charge in [0.2, 0.25) is 5.91 Å². The van der Waals surface area contributed by atoms with Gasteiger partial charge in [0.15, 0.2) is 5.13 Å². The van der Waals surface area contributed by atoms with Crippen LogP contribution in [0, 0.1) is 6.92 Å². The number of thioether (sulfide) groups is 2. The van der Waals surface area contributed by atoms with Gasteiger partial charge in [0.25, 0.3) is 0 Å². The molecule has 6 rings (SSSR count). The van der Waals surface area contributed by atoms with Gasteiger partial charge in [0, 0.05) is 15.5 Å². The van der Waals surface area contributed by atoms with Crippen molar-refractivity contribution in [3.63, 3.8) is 0 Å². The number of anilines is 3.